The molecule has 0 nitrogen and oxygen atoms in total. The molecular formula is C16H33P. The highest BCUT2D eigenvalue weighted by Crippen LogP contribution is 2.59. The fourth-order valence-electron chi connectivity index (χ4n) is 3.53. The molecule has 0 saturated carbocycles. The predicted octanol–water partition coefficient (Wildman–Crippen LogP) is 5.42. The molecule has 0 radical (unpaired) electrons. The Bertz CT molecular complexity index is 237. The van der Waals surface area contributed by atoms with Crippen LogP contribution in [0.1, 0.15) is 62.3 Å². The molecule has 0 amide bonds. The Morgan fingerprint density at radius 1 is 0.706 bits per heavy atom. The van der Waals surface area contributed by atoms with Gasteiger partial charge in [-0.05, 0) is 39.9 Å². The van der Waals surface area contributed by atoms with Crippen molar-refractivity contribution in [2.75, 3.05) is 6.16 Å². The van der Waals surface area contributed by atoms with Crippen molar-refractivity contribution in [2.45, 2.75) is 68.0 Å². The molecule has 1 fully saturated rings. The van der Waals surface area contributed by atoms with Crippen LogP contribution in [0.5, 0.6) is 0 Å². The highest BCUT2D eigenvalue weighted by molar-refractivity contribution is 7.39. The van der Waals surface area contributed by atoms with E-state index in [1.54, 1.807) is 0 Å². The van der Waals surface area contributed by atoms with Gasteiger partial charge in [0.25, 0.3) is 0 Å². The minimum absolute atomic E-state index is 0.444. The second-order valence-electron chi connectivity index (χ2n) is 9.12. The van der Waals surface area contributed by atoms with E-state index >= 15 is 0 Å². The van der Waals surface area contributed by atoms with Gasteiger partial charge < -0.3 is 0 Å². The van der Waals surface area contributed by atoms with Crippen molar-refractivity contribution in [1.29, 1.82) is 0 Å². The Morgan fingerprint density at radius 3 is 1.47 bits per heavy atom. The van der Waals surface area contributed by atoms with Gasteiger partial charge in [0.2, 0.25) is 0 Å². The van der Waals surface area contributed by atoms with Crippen LogP contribution in [-0.2, 0) is 0 Å². The summed E-state index contributed by atoms with van der Waals surface area (Å²) in [4.78, 5) is 0. The summed E-state index contributed by atoms with van der Waals surface area (Å²) < 4.78 is 0. The highest BCUT2D eigenvalue weighted by Gasteiger charge is 2.50. The Balaban J connectivity index is 3.08. The summed E-state index contributed by atoms with van der Waals surface area (Å²) in [6.45, 7) is 22.0. The first kappa shape index (κ1) is 15.5. The first-order valence-electron chi connectivity index (χ1n) is 7.08. The fraction of sp³-hybridized carbons (Fsp3) is 1.00. The molecule has 0 aromatic heterocycles. The molecule has 1 aliphatic heterocycles. The zero-order chi connectivity index (χ0) is 13.6. The molecule has 4 unspecified atom stereocenters. The second-order valence-corrected chi connectivity index (χ2v) is 10.6. The van der Waals surface area contributed by atoms with Gasteiger partial charge in [0.05, 0.1) is 0 Å². The van der Waals surface area contributed by atoms with Gasteiger partial charge in [0, 0.05) is 0 Å². The largest absolute Gasteiger partial charge is 0.118 e. The maximum Gasteiger partial charge on any atom is -0.0152 e. The smallest absolute Gasteiger partial charge is 0.0152 e. The van der Waals surface area contributed by atoms with Gasteiger partial charge in [0.15, 0.2) is 0 Å². The molecule has 1 heteroatoms. The van der Waals surface area contributed by atoms with Crippen molar-refractivity contribution in [3.63, 3.8) is 0 Å². The molecule has 0 aliphatic carbocycles. The molecular weight excluding hydrogens is 223 g/mol. The first-order valence-corrected chi connectivity index (χ1v) is 8.37. The molecule has 0 bridgehead atoms. The molecule has 0 aromatic carbocycles. The van der Waals surface area contributed by atoms with Gasteiger partial charge in [0.1, 0.15) is 0 Å². The van der Waals surface area contributed by atoms with Crippen LogP contribution in [0, 0.1) is 28.1 Å². The molecule has 4 atom stereocenters. The summed E-state index contributed by atoms with van der Waals surface area (Å²) in [6, 6.07) is 0. The van der Waals surface area contributed by atoms with Crippen LogP contribution >= 0.6 is 8.58 Å². The van der Waals surface area contributed by atoms with Crippen LogP contribution in [0.15, 0.2) is 0 Å². The van der Waals surface area contributed by atoms with Crippen LogP contribution < -0.4 is 0 Å². The lowest BCUT2D eigenvalue weighted by atomic mass is 9.61. The molecule has 102 valence electrons. The molecule has 17 heavy (non-hydrogen) atoms. The standard InChI is InChI=1S/C16H33P/c1-14(2,3)11-10-17-13(16(7,8)9)12(11)15(4,5)6/h11-13,17H,10H2,1-9H3. The van der Waals surface area contributed by atoms with Gasteiger partial charge in [-0.2, -0.15) is 0 Å². The number of hydrogen-bond donors (Lipinski definition) is 0. The SMILES string of the molecule is CC(C)(C)C1CPC(C(C)(C)C)C1C(C)(C)C. The van der Waals surface area contributed by atoms with Crippen LogP contribution in [0.25, 0.3) is 0 Å². The van der Waals surface area contributed by atoms with E-state index in [0.717, 1.165) is 26.1 Å². The van der Waals surface area contributed by atoms with Gasteiger partial charge in [-0.1, -0.05) is 62.3 Å². The van der Waals surface area contributed by atoms with Crippen molar-refractivity contribution in [1.82, 2.24) is 0 Å². The zero-order valence-corrected chi connectivity index (χ0v) is 14.4. The number of rotatable bonds is 0. The van der Waals surface area contributed by atoms with E-state index in [0.29, 0.717) is 16.2 Å². The third-order valence-electron chi connectivity index (χ3n) is 4.40. The summed E-state index contributed by atoms with van der Waals surface area (Å²) in [7, 11) is 1.16. The normalized spacial score (nSPS) is 33.4. The lowest BCUT2D eigenvalue weighted by Gasteiger charge is -2.45. The van der Waals surface area contributed by atoms with Crippen molar-refractivity contribution >= 4 is 8.58 Å². The third-order valence-corrected chi connectivity index (χ3v) is 6.74. The molecule has 1 aliphatic rings. The lowest BCUT2D eigenvalue weighted by Crippen LogP contribution is -2.42. The van der Waals surface area contributed by atoms with Crippen LogP contribution in [0.4, 0.5) is 0 Å². The summed E-state index contributed by atoms with van der Waals surface area (Å²) >= 11 is 0. The minimum Gasteiger partial charge on any atom is -0.118 e. The van der Waals surface area contributed by atoms with E-state index in [1.807, 2.05) is 0 Å². The van der Waals surface area contributed by atoms with Crippen LogP contribution in [0.3, 0.4) is 0 Å². The van der Waals surface area contributed by atoms with Gasteiger partial charge >= 0.3 is 0 Å². The Kier molecular flexibility index (Phi) is 4.11. The molecule has 0 aromatic rings. The van der Waals surface area contributed by atoms with E-state index in [2.05, 4.69) is 62.3 Å². The second kappa shape index (κ2) is 4.52. The average Bonchev–Trinajstić information content (AvgIpc) is 2.42. The van der Waals surface area contributed by atoms with Crippen molar-refractivity contribution < 1.29 is 0 Å². The van der Waals surface area contributed by atoms with E-state index in [-0.39, 0.29) is 0 Å². The van der Waals surface area contributed by atoms with E-state index in [1.165, 1.54) is 6.16 Å². The highest BCUT2D eigenvalue weighted by atomic mass is 31.1. The van der Waals surface area contributed by atoms with Gasteiger partial charge in [-0.25, -0.2) is 0 Å². The van der Waals surface area contributed by atoms with E-state index in [4.69, 9.17) is 0 Å². The van der Waals surface area contributed by atoms with Crippen molar-refractivity contribution in [2.24, 2.45) is 28.1 Å². The minimum atomic E-state index is 0.444. The van der Waals surface area contributed by atoms with Gasteiger partial charge in [-0.3, -0.25) is 0 Å². The van der Waals surface area contributed by atoms with Crippen molar-refractivity contribution in [3.8, 4) is 0 Å². The number of hydrogen-bond acceptors (Lipinski definition) is 0. The third kappa shape index (κ3) is 3.46. The molecule has 1 rings (SSSR count). The van der Waals surface area contributed by atoms with Crippen molar-refractivity contribution in [3.05, 3.63) is 0 Å². The van der Waals surface area contributed by atoms with Crippen LogP contribution in [-0.4, -0.2) is 11.8 Å². The fourth-order valence-corrected chi connectivity index (χ4v) is 6.51. The monoisotopic (exact) mass is 256 g/mol. The molecule has 1 heterocycles. The average molecular weight is 256 g/mol. The summed E-state index contributed by atoms with van der Waals surface area (Å²) in [5, 5.41) is 0. The Labute approximate surface area is 111 Å². The van der Waals surface area contributed by atoms with Crippen LogP contribution in [0.2, 0.25) is 0 Å². The first-order chi connectivity index (χ1) is 7.35. The Morgan fingerprint density at radius 2 is 1.18 bits per heavy atom. The van der Waals surface area contributed by atoms with E-state index < -0.39 is 0 Å². The maximum atomic E-state index is 2.45. The molecule has 0 N–H and O–H groups in total. The quantitative estimate of drug-likeness (QED) is 0.508. The van der Waals surface area contributed by atoms with E-state index in [9.17, 15) is 0 Å². The molecule has 0 spiro atoms. The lowest BCUT2D eigenvalue weighted by molar-refractivity contribution is 0.0717. The molecule has 1 saturated heterocycles. The zero-order valence-electron chi connectivity index (χ0n) is 13.4. The van der Waals surface area contributed by atoms with Gasteiger partial charge in [-0.15, -0.1) is 8.58 Å². The summed E-state index contributed by atoms with van der Waals surface area (Å²) in [5.41, 5.74) is 2.28. The predicted molar refractivity (Wildman–Crippen MR) is 82.3 cm³/mol. The Hall–Kier alpha value is 0.430. The summed E-state index contributed by atoms with van der Waals surface area (Å²) in [5.74, 6) is 1.77. The maximum absolute atomic E-state index is 2.45. The summed E-state index contributed by atoms with van der Waals surface area (Å²) in [6.07, 6.45) is 1.45. The topological polar surface area (TPSA) is 0 Å².